The van der Waals surface area contributed by atoms with Gasteiger partial charge in [0.25, 0.3) is 0 Å². The van der Waals surface area contributed by atoms with Gasteiger partial charge < -0.3 is 5.32 Å². The predicted octanol–water partition coefficient (Wildman–Crippen LogP) is 3.53. The Morgan fingerprint density at radius 1 is 1.29 bits per heavy atom. The molecule has 0 aromatic carbocycles. The number of hydrogen-bond donors (Lipinski definition) is 2. The molecule has 0 spiro atoms. The van der Waals surface area contributed by atoms with Crippen LogP contribution in [-0.4, -0.2) is 21.2 Å². The molecule has 1 aliphatic carbocycles. The van der Waals surface area contributed by atoms with Gasteiger partial charge in [-0.05, 0) is 37.8 Å². The van der Waals surface area contributed by atoms with Gasteiger partial charge in [0.05, 0.1) is 11.9 Å². The van der Waals surface area contributed by atoms with E-state index < -0.39 is 0 Å². The number of nitrogens with one attached hydrogen (secondary N) is 2. The smallest absolute Gasteiger partial charge is 0.0710 e. The Morgan fingerprint density at radius 2 is 2.14 bits per heavy atom. The van der Waals surface area contributed by atoms with Crippen LogP contribution in [0.5, 0.6) is 0 Å². The molecule has 0 radical (unpaired) electrons. The van der Waals surface area contributed by atoms with Crippen LogP contribution in [0.1, 0.15) is 44.6 Å². The predicted molar refractivity (Wildman–Crippen MR) is 84.7 cm³/mol. The highest BCUT2D eigenvalue weighted by Crippen LogP contribution is 2.27. The van der Waals surface area contributed by atoms with E-state index in [0.717, 1.165) is 23.7 Å². The van der Waals surface area contributed by atoms with Gasteiger partial charge in [-0.1, -0.05) is 19.3 Å². The van der Waals surface area contributed by atoms with E-state index in [1.165, 1.54) is 37.7 Å². The summed E-state index contributed by atoms with van der Waals surface area (Å²) in [6.45, 7) is 3.18. The van der Waals surface area contributed by atoms with Crippen molar-refractivity contribution in [3.05, 3.63) is 36.3 Å². The van der Waals surface area contributed by atoms with Gasteiger partial charge in [-0.3, -0.25) is 10.1 Å². The van der Waals surface area contributed by atoms with E-state index in [1.807, 2.05) is 18.5 Å². The average Bonchev–Trinajstić information content (AvgIpc) is 3.03. The molecular formula is C17H24N4. The van der Waals surface area contributed by atoms with Crippen molar-refractivity contribution in [3.8, 4) is 11.3 Å². The molecule has 112 valence electrons. The van der Waals surface area contributed by atoms with Gasteiger partial charge in [-0.15, -0.1) is 0 Å². The second kappa shape index (κ2) is 6.85. The lowest BCUT2D eigenvalue weighted by Gasteiger charge is -2.28. The normalized spacial score (nSPS) is 17.8. The molecule has 4 heteroatoms. The molecule has 0 bridgehead atoms. The Labute approximate surface area is 126 Å². The number of aromatic nitrogens is 3. The molecule has 0 saturated heterocycles. The van der Waals surface area contributed by atoms with Crippen LogP contribution in [0.4, 0.5) is 0 Å². The third-order valence-corrected chi connectivity index (χ3v) is 4.64. The molecule has 0 unspecified atom stereocenters. The lowest BCUT2D eigenvalue weighted by Crippen LogP contribution is -2.34. The Hall–Kier alpha value is -1.68. The lowest BCUT2D eigenvalue weighted by molar-refractivity contribution is 0.280. The summed E-state index contributed by atoms with van der Waals surface area (Å²) in [5, 5.41) is 11.0. The second-order valence-electron chi connectivity index (χ2n) is 6.08. The van der Waals surface area contributed by atoms with Gasteiger partial charge in [0.2, 0.25) is 0 Å². The van der Waals surface area contributed by atoms with E-state index in [9.17, 15) is 0 Å². The second-order valence-corrected chi connectivity index (χ2v) is 6.08. The molecule has 1 fully saturated rings. The first-order valence-electron chi connectivity index (χ1n) is 8.00. The fraction of sp³-hybridized carbons (Fsp3) is 0.529. The molecule has 1 saturated carbocycles. The number of rotatable bonds is 5. The Kier molecular flexibility index (Phi) is 4.65. The zero-order valence-electron chi connectivity index (χ0n) is 12.7. The molecular weight excluding hydrogens is 260 g/mol. The van der Waals surface area contributed by atoms with E-state index in [-0.39, 0.29) is 0 Å². The molecule has 2 aromatic rings. The highest BCUT2D eigenvalue weighted by atomic mass is 15.1. The van der Waals surface area contributed by atoms with Crippen molar-refractivity contribution in [2.75, 3.05) is 0 Å². The summed E-state index contributed by atoms with van der Waals surface area (Å²) in [6, 6.07) is 4.59. The Balaban J connectivity index is 1.62. The van der Waals surface area contributed by atoms with Crippen LogP contribution in [-0.2, 0) is 6.54 Å². The molecule has 0 aliphatic heterocycles. The molecule has 3 rings (SSSR count). The van der Waals surface area contributed by atoms with E-state index in [2.05, 4.69) is 33.5 Å². The van der Waals surface area contributed by atoms with Crippen molar-refractivity contribution in [2.45, 2.75) is 51.6 Å². The van der Waals surface area contributed by atoms with Gasteiger partial charge in [0, 0.05) is 36.1 Å². The zero-order chi connectivity index (χ0) is 14.5. The third-order valence-electron chi connectivity index (χ3n) is 4.64. The number of aromatic amines is 1. The van der Waals surface area contributed by atoms with E-state index in [0.29, 0.717) is 6.04 Å². The molecule has 21 heavy (non-hydrogen) atoms. The molecule has 2 N–H and O–H groups in total. The van der Waals surface area contributed by atoms with Crippen molar-refractivity contribution in [1.29, 1.82) is 0 Å². The highest BCUT2D eigenvalue weighted by Gasteiger charge is 2.20. The largest absolute Gasteiger partial charge is 0.310 e. The van der Waals surface area contributed by atoms with Gasteiger partial charge in [-0.2, -0.15) is 5.10 Å². The number of hydrogen-bond acceptors (Lipinski definition) is 3. The lowest BCUT2D eigenvalue weighted by atomic mass is 9.84. The van der Waals surface area contributed by atoms with Crippen LogP contribution in [0.3, 0.4) is 0 Å². The van der Waals surface area contributed by atoms with Crippen LogP contribution in [0, 0.1) is 5.92 Å². The molecule has 1 aliphatic rings. The van der Waals surface area contributed by atoms with Crippen LogP contribution in [0.2, 0.25) is 0 Å². The molecule has 1 atom stereocenters. The average molecular weight is 284 g/mol. The molecule has 2 heterocycles. The van der Waals surface area contributed by atoms with Crippen LogP contribution in [0.25, 0.3) is 11.3 Å². The van der Waals surface area contributed by atoms with E-state index >= 15 is 0 Å². The minimum Gasteiger partial charge on any atom is -0.310 e. The summed E-state index contributed by atoms with van der Waals surface area (Å²) < 4.78 is 0. The summed E-state index contributed by atoms with van der Waals surface area (Å²) in [6.07, 6.45) is 12.5. The van der Waals surface area contributed by atoms with Gasteiger partial charge in [0.1, 0.15) is 0 Å². The van der Waals surface area contributed by atoms with Crippen LogP contribution in [0.15, 0.2) is 30.7 Å². The highest BCUT2D eigenvalue weighted by molar-refractivity contribution is 5.61. The fourth-order valence-corrected chi connectivity index (χ4v) is 3.28. The summed E-state index contributed by atoms with van der Waals surface area (Å²) in [4.78, 5) is 4.18. The summed E-state index contributed by atoms with van der Waals surface area (Å²) >= 11 is 0. The monoisotopic (exact) mass is 284 g/mol. The van der Waals surface area contributed by atoms with E-state index in [1.54, 1.807) is 6.20 Å². The van der Waals surface area contributed by atoms with Crippen molar-refractivity contribution < 1.29 is 0 Å². The maximum absolute atomic E-state index is 4.20. The zero-order valence-corrected chi connectivity index (χ0v) is 12.7. The first-order valence-corrected chi connectivity index (χ1v) is 8.00. The number of pyridine rings is 1. The summed E-state index contributed by atoms with van der Waals surface area (Å²) in [7, 11) is 0. The van der Waals surface area contributed by atoms with Crippen molar-refractivity contribution in [3.63, 3.8) is 0 Å². The van der Waals surface area contributed by atoms with Crippen LogP contribution >= 0.6 is 0 Å². The maximum Gasteiger partial charge on any atom is 0.0710 e. The molecule has 2 aromatic heterocycles. The van der Waals surface area contributed by atoms with Crippen molar-refractivity contribution >= 4 is 0 Å². The first-order chi connectivity index (χ1) is 10.3. The number of nitrogens with zero attached hydrogens (tertiary/aromatic N) is 2. The van der Waals surface area contributed by atoms with Crippen LogP contribution < -0.4 is 5.32 Å². The fourth-order valence-electron chi connectivity index (χ4n) is 3.28. The van der Waals surface area contributed by atoms with Crippen molar-refractivity contribution in [2.24, 2.45) is 5.92 Å². The quantitative estimate of drug-likeness (QED) is 0.883. The summed E-state index contributed by atoms with van der Waals surface area (Å²) in [5.74, 6) is 0.826. The third kappa shape index (κ3) is 3.50. The Bertz CT molecular complexity index is 543. The summed E-state index contributed by atoms with van der Waals surface area (Å²) in [5.41, 5.74) is 3.38. The van der Waals surface area contributed by atoms with Gasteiger partial charge >= 0.3 is 0 Å². The number of H-pyrrole nitrogens is 1. The van der Waals surface area contributed by atoms with Gasteiger partial charge in [0.15, 0.2) is 0 Å². The first kappa shape index (κ1) is 14.3. The standard InChI is InChI=1S/C17H24N4/c1-13(14-6-3-2-4-7-14)19-11-16-12-20-21-17(16)15-8-5-9-18-10-15/h5,8-10,12-14,19H,2-4,6-7,11H2,1H3,(H,20,21)/t13-/m0/s1. The topological polar surface area (TPSA) is 53.6 Å². The maximum atomic E-state index is 4.20. The van der Waals surface area contributed by atoms with Crippen molar-refractivity contribution in [1.82, 2.24) is 20.5 Å². The molecule has 0 amide bonds. The minimum atomic E-state index is 0.571. The van der Waals surface area contributed by atoms with E-state index in [4.69, 9.17) is 0 Å². The SMILES string of the molecule is C[C@H](NCc1cn[nH]c1-c1cccnc1)C1CCCCC1. The minimum absolute atomic E-state index is 0.571. The van der Waals surface area contributed by atoms with Gasteiger partial charge in [-0.25, -0.2) is 0 Å². The molecule has 4 nitrogen and oxygen atoms in total. The Morgan fingerprint density at radius 3 is 2.90 bits per heavy atom.